The summed E-state index contributed by atoms with van der Waals surface area (Å²) in [6, 6.07) is -0.283. The fraction of sp³-hybridized carbons (Fsp3) is 1.00. The Labute approximate surface area is 145 Å². The molecule has 0 aromatic carbocycles. The van der Waals surface area contributed by atoms with E-state index in [4.69, 9.17) is 4.74 Å². The smallest absolute Gasteiger partial charge is 0.216 e. The highest BCUT2D eigenvalue weighted by Crippen LogP contribution is 2.22. The lowest BCUT2D eigenvalue weighted by Crippen LogP contribution is -2.47. The molecule has 2 saturated heterocycles. The molecule has 24 heavy (non-hydrogen) atoms. The number of hydrogen-bond donors (Lipinski definition) is 0. The molecule has 2 rings (SSSR count). The van der Waals surface area contributed by atoms with Gasteiger partial charge in [-0.05, 0) is 20.3 Å². The van der Waals surface area contributed by atoms with Crippen LogP contribution < -0.4 is 0 Å². The molecular weight excluding hydrogens is 354 g/mol. The van der Waals surface area contributed by atoms with Gasteiger partial charge in [-0.2, -0.15) is 4.31 Å². The van der Waals surface area contributed by atoms with Crippen LogP contribution in [-0.4, -0.2) is 100 Å². The molecule has 0 aromatic rings. The largest absolute Gasteiger partial charge is 0.379 e. The maximum absolute atomic E-state index is 12.3. The van der Waals surface area contributed by atoms with Gasteiger partial charge in [0.25, 0.3) is 0 Å². The minimum Gasteiger partial charge on any atom is -0.379 e. The highest BCUT2D eigenvalue weighted by molar-refractivity contribution is 7.89. The van der Waals surface area contributed by atoms with Crippen molar-refractivity contribution < 1.29 is 21.6 Å². The van der Waals surface area contributed by atoms with E-state index in [1.807, 2.05) is 0 Å². The predicted molar refractivity (Wildman–Crippen MR) is 92.8 cm³/mol. The van der Waals surface area contributed by atoms with Crippen LogP contribution in [0.2, 0.25) is 0 Å². The number of nitrogens with zero attached hydrogens (tertiary/aromatic N) is 3. The summed E-state index contributed by atoms with van der Waals surface area (Å²) in [4.78, 5) is 2.18. The van der Waals surface area contributed by atoms with Gasteiger partial charge < -0.3 is 4.74 Å². The average Bonchev–Trinajstić information content (AvgIpc) is 2.97. The molecule has 0 saturated carbocycles. The molecule has 2 aliphatic heterocycles. The summed E-state index contributed by atoms with van der Waals surface area (Å²) in [5, 5.41) is -0.490. The Balaban J connectivity index is 2.01. The molecule has 0 amide bonds. The lowest BCUT2D eigenvalue weighted by molar-refractivity contribution is 0.0354. The molecule has 2 fully saturated rings. The van der Waals surface area contributed by atoms with E-state index in [2.05, 4.69) is 4.90 Å². The normalized spacial score (nSPS) is 25.0. The summed E-state index contributed by atoms with van der Waals surface area (Å²) in [5.74, 6) is 0. The van der Waals surface area contributed by atoms with Crippen LogP contribution >= 0.6 is 0 Å². The summed E-state index contributed by atoms with van der Waals surface area (Å²) in [5.41, 5.74) is 0. The molecule has 1 atom stereocenters. The van der Waals surface area contributed by atoms with E-state index in [9.17, 15) is 16.8 Å². The standard InChI is InChI=1S/C14H29N3O5S2/c1-13(2)24(20,21)16-5-4-14(12-16)17(23(3,18)19)7-6-15-8-10-22-11-9-15/h13-14H,4-12H2,1-3H3. The second-order valence-corrected chi connectivity index (χ2v) is 11.1. The molecule has 0 radical (unpaired) electrons. The van der Waals surface area contributed by atoms with E-state index in [-0.39, 0.29) is 12.6 Å². The van der Waals surface area contributed by atoms with Gasteiger partial charge in [0.05, 0.1) is 24.7 Å². The van der Waals surface area contributed by atoms with Crippen LogP contribution in [0, 0.1) is 0 Å². The first-order valence-corrected chi connectivity index (χ1v) is 11.7. The Kier molecular flexibility index (Phi) is 6.65. The molecule has 2 heterocycles. The van der Waals surface area contributed by atoms with Crippen molar-refractivity contribution in [3.8, 4) is 0 Å². The number of sulfonamides is 2. The van der Waals surface area contributed by atoms with Gasteiger partial charge in [0.15, 0.2) is 0 Å². The minimum atomic E-state index is -3.38. The summed E-state index contributed by atoms with van der Waals surface area (Å²) in [6.45, 7) is 7.90. The first-order chi connectivity index (χ1) is 11.1. The summed E-state index contributed by atoms with van der Waals surface area (Å²) in [7, 11) is -6.72. The Morgan fingerprint density at radius 3 is 2.29 bits per heavy atom. The molecule has 0 aliphatic carbocycles. The number of morpholine rings is 1. The maximum atomic E-state index is 12.3. The molecule has 0 spiro atoms. The fourth-order valence-corrected chi connectivity index (χ4v) is 5.62. The maximum Gasteiger partial charge on any atom is 0.216 e. The van der Waals surface area contributed by atoms with E-state index in [1.54, 1.807) is 13.8 Å². The third-order valence-electron chi connectivity index (χ3n) is 4.66. The van der Waals surface area contributed by atoms with Gasteiger partial charge in [-0.1, -0.05) is 0 Å². The van der Waals surface area contributed by atoms with Crippen LogP contribution in [0.3, 0.4) is 0 Å². The summed E-state index contributed by atoms with van der Waals surface area (Å²) in [6.07, 6.45) is 1.74. The van der Waals surface area contributed by atoms with E-state index in [1.165, 1.54) is 14.9 Å². The molecule has 1 unspecified atom stereocenters. The van der Waals surface area contributed by atoms with E-state index >= 15 is 0 Å². The average molecular weight is 384 g/mol. The second kappa shape index (κ2) is 7.96. The van der Waals surface area contributed by atoms with Crippen molar-refractivity contribution in [1.29, 1.82) is 0 Å². The van der Waals surface area contributed by atoms with Crippen molar-refractivity contribution in [2.75, 3.05) is 58.7 Å². The van der Waals surface area contributed by atoms with Gasteiger partial charge in [-0.3, -0.25) is 4.90 Å². The van der Waals surface area contributed by atoms with Crippen LogP contribution in [0.5, 0.6) is 0 Å². The monoisotopic (exact) mass is 383 g/mol. The predicted octanol–water partition coefficient (Wildman–Crippen LogP) is -0.607. The quantitative estimate of drug-likeness (QED) is 0.583. The van der Waals surface area contributed by atoms with Crippen molar-refractivity contribution in [2.45, 2.75) is 31.6 Å². The van der Waals surface area contributed by atoms with Gasteiger partial charge in [0.1, 0.15) is 0 Å². The Morgan fingerprint density at radius 1 is 1.12 bits per heavy atom. The Bertz CT molecular complexity index is 614. The van der Waals surface area contributed by atoms with Crippen molar-refractivity contribution in [1.82, 2.24) is 13.5 Å². The number of rotatable bonds is 7. The van der Waals surface area contributed by atoms with Gasteiger partial charge in [-0.15, -0.1) is 0 Å². The van der Waals surface area contributed by atoms with Crippen LogP contribution in [-0.2, 0) is 24.8 Å². The highest BCUT2D eigenvalue weighted by Gasteiger charge is 2.38. The Morgan fingerprint density at radius 2 is 1.75 bits per heavy atom. The first-order valence-electron chi connectivity index (χ1n) is 8.38. The van der Waals surface area contributed by atoms with Gasteiger partial charge in [0.2, 0.25) is 20.0 Å². The van der Waals surface area contributed by atoms with Gasteiger partial charge in [0, 0.05) is 45.3 Å². The second-order valence-electron chi connectivity index (χ2n) is 6.72. The molecule has 142 valence electrons. The molecule has 8 nitrogen and oxygen atoms in total. The minimum absolute atomic E-state index is 0.247. The van der Waals surface area contributed by atoms with Crippen LogP contribution in [0.15, 0.2) is 0 Å². The van der Waals surface area contributed by atoms with E-state index in [0.717, 1.165) is 13.1 Å². The van der Waals surface area contributed by atoms with Crippen LogP contribution in [0.4, 0.5) is 0 Å². The molecule has 10 heteroatoms. The lowest BCUT2D eigenvalue weighted by Gasteiger charge is -2.31. The number of hydrogen-bond acceptors (Lipinski definition) is 6. The zero-order valence-corrected chi connectivity index (χ0v) is 16.4. The summed E-state index contributed by atoms with van der Waals surface area (Å²) < 4.78 is 57.2. The Hall–Kier alpha value is -0.260. The van der Waals surface area contributed by atoms with Crippen molar-refractivity contribution in [2.24, 2.45) is 0 Å². The van der Waals surface area contributed by atoms with Crippen molar-refractivity contribution in [3.05, 3.63) is 0 Å². The zero-order valence-electron chi connectivity index (χ0n) is 14.7. The molecular formula is C14H29N3O5S2. The highest BCUT2D eigenvalue weighted by atomic mass is 32.2. The SMILES string of the molecule is CC(C)S(=O)(=O)N1CCC(N(CCN2CCOCC2)S(C)(=O)=O)C1. The third kappa shape index (κ3) is 4.89. The fourth-order valence-electron chi connectivity index (χ4n) is 3.16. The first kappa shape index (κ1) is 20.1. The van der Waals surface area contributed by atoms with Crippen molar-refractivity contribution in [3.63, 3.8) is 0 Å². The third-order valence-corrected chi connectivity index (χ3v) is 8.23. The van der Waals surface area contributed by atoms with E-state index in [0.29, 0.717) is 39.3 Å². The summed E-state index contributed by atoms with van der Waals surface area (Å²) >= 11 is 0. The van der Waals surface area contributed by atoms with Crippen molar-refractivity contribution >= 4 is 20.0 Å². The molecule has 0 N–H and O–H groups in total. The van der Waals surface area contributed by atoms with Crippen LogP contribution in [0.1, 0.15) is 20.3 Å². The molecule has 2 aliphatic rings. The lowest BCUT2D eigenvalue weighted by atomic mass is 10.2. The van der Waals surface area contributed by atoms with E-state index < -0.39 is 25.3 Å². The van der Waals surface area contributed by atoms with Gasteiger partial charge >= 0.3 is 0 Å². The molecule has 0 aromatic heterocycles. The van der Waals surface area contributed by atoms with Crippen LogP contribution in [0.25, 0.3) is 0 Å². The zero-order chi connectivity index (χ0) is 18.0. The topological polar surface area (TPSA) is 87.2 Å². The number of ether oxygens (including phenoxy) is 1. The molecule has 0 bridgehead atoms. The van der Waals surface area contributed by atoms with Gasteiger partial charge in [-0.25, -0.2) is 21.1 Å².